The molecule has 0 aliphatic carbocycles. The van der Waals surface area contributed by atoms with Gasteiger partial charge in [0.1, 0.15) is 20.3 Å². The number of aromatic nitrogens is 1. The number of pyridine rings is 1. The standard InChI is InChI=1S/C8H7BN2O2/c1-11-7-5(4-13-8(11)12)2-6(9)3-10-7/h2-3H,4H2,1H3. The number of ether oxygens (including phenoxy) is 1. The fraction of sp³-hybridized carbons (Fsp3) is 0.250. The third-order valence-corrected chi connectivity index (χ3v) is 1.91. The van der Waals surface area contributed by atoms with E-state index in [2.05, 4.69) is 4.98 Å². The largest absolute Gasteiger partial charge is 0.444 e. The fourth-order valence-electron chi connectivity index (χ4n) is 1.25. The fourth-order valence-corrected chi connectivity index (χ4v) is 1.25. The molecule has 0 unspecified atom stereocenters. The maximum absolute atomic E-state index is 11.1. The zero-order valence-corrected chi connectivity index (χ0v) is 7.15. The Labute approximate surface area is 76.9 Å². The molecule has 0 spiro atoms. The van der Waals surface area contributed by atoms with Crippen LogP contribution in [0.3, 0.4) is 0 Å². The molecule has 1 aromatic heterocycles. The van der Waals surface area contributed by atoms with Crippen LogP contribution < -0.4 is 10.4 Å². The van der Waals surface area contributed by atoms with E-state index in [9.17, 15) is 4.79 Å². The third kappa shape index (κ3) is 1.26. The van der Waals surface area contributed by atoms with Gasteiger partial charge in [0.25, 0.3) is 0 Å². The summed E-state index contributed by atoms with van der Waals surface area (Å²) in [5.74, 6) is 0.616. The molecule has 4 nitrogen and oxygen atoms in total. The van der Waals surface area contributed by atoms with Crippen LogP contribution >= 0.6 is 0 Å². The number of nitrogens with zero attached hydrogens (tertiary/aromatic N) is 2. The van der Waals surface area contributed by atoms with Crippen LogP contribution in [-0.2, 0) is 11.3 Å². The van der Waals surface area contributed by atoms with E-state index in [0.717, 1.165) is 5.56 Å². The number of carbonyl (C=O) groups is 1. The average Bonchev–Trinajstić information content (AvgIpc) is 2.12. The topological polar surface area (TPSA) is 42.4 Å². The molecule has 64 valence electrons. The molecule has 1 amide bonds. The summed E-state index contributed by atoms with van der Waals surface area (Å²) < 4.78 is 4.86. The van der Waals surface area contributed by atoms with Gasteiger partial charge in [-0.05, 0) is 0 Å². The minimum absolute atomic E-state index is 0.247. The molecule has 0 N–H and O–H groups in total. The Morgan fingerprint density at radius 3 is 3.23 bits per heavy atom. The molecule has 0 bridgehead atoms. The lowest BCUT2D eigenvalue weighted by molar-refractivity contribution is 0.143. The highest BCUT2D eigenvalue weighted by molar-refractivity contribution is 6.32. The second kappa shape index (κ2) is 2.76. The highest BCUT2D eigenvalue weighted by Crippen LogP contribution is 2.21. The molecule has 1 aliphatic heterocycles. The maximum atomic E-state index is 11.1. The van der Waals surface area contributed by atoms with Gasteiger partial charge in [-0.25, -0.2) is 9.78 Å². The lowest BCUT2D eigenvalue weighted by Crippen LogP contribution is -2.33. The van der Waals surface area contributed by atoms with Gasteiger partial charge in [-0.15, -0.1) is 0 Å². The Balaban J connectivity index is 2.49. The lowest BCUT2D eigenvalue weighted by Gasteiger charge is -2.24. The van der Waals surface area contributed by atoms with Crippen LogP contribution in [0.1, 0.15) is 5.56 Å². The van der Waals surface area contributed by atoms with Gasteiger partial charge in [0, 0.05) is 18.8 Å². The molecule has 2 heterocycles. The number of hydrogen-bond acceptors (Lipinski definition) is 3. The Kier molecular flexibility index (Phi) is 1.72. The van der Waals surface area contributed by atoms with Crippen molar-refractivity contribution in [3.63, 3.8) is 0 Å². The summed E-state index contributed by atoms with van der Waals surface area (Å²) in [5.41, 5.74) is 1.41. The van der Waals surface area contributed by atoms with E-state index < -0.39 is 0 Å². The lowest BCUT2D eigenvalue weighted by atomic mass is 9.97. The first-order chi connectivity index (χ1) is 6.18. The van der Waals surface area contributed by atoms with Gasteiger partial charge < -0.3 is 4.74 Å². The molecule has 13 heavy (non-hydrogen) atoms. The van der Waals surface area contributed by atoms with Crippen LogP contribution in [0.25, 0.3) is 0 Å². The highest BCUT2D eigenvalue weighted by Gasteiger charge is 2.22. The second-order valence-electron chi connectivity index (χ2n) is 2.86. The molecule has 0 fully saturated rings. The van der Waals surface area contributed by atoms with Crippen molar-refractivity contribution < 1.29 is 9.53 Å². The Morgan fingerprint density at radius 1 is 1.69 bits per heavy atom. The van der Waals surface area contributed by atoms with Crippen LogP contribution in [0.2, 0.25) is 0 Å². The Morgan fingerprint density at radius 2 is 2.46 bits per heavy atom. The van der Waals surface area contributed by atoms with Crippen LogP contribution in [-0.4, -0.2) is 26.0 Å². The van der Waals surface area contributed by atoms with Crippen molar-refractivity contribution in [1.82, 2.24) is 4.98 Å². The zero-order valence-electron chi connectivity index (χ0n) is 7.15. The number of cyclic esters (lactones) is 1. The van der Waals surface area contributed by atoms with Gasteiger partial charge in [-0.1, -0.05) is 11.5 Å². The van der Waals surface area contributed by atoms with Gasteiger partial charge in [0.2, 0.25) is 0 Å². The summed E-state index contributed by atoms with van der Waals surface area (Å²) in [6.07, 6.45) is 1.14. The minimum atomic E-state index is -0.384. The number of amides is 1. The molecule has 2 radical (unpaired) electrons. The number of rotatable bonds is 0. The summed E-state index contributed by atoms with van der Waals surface area (Å²) in [5, 5.41) is 0. The molecule has 1 aliphatic rings. The van der Waals surface area contributed by atoms with Crippen molar-refractivity contribution >= 4 is 25.2 Å². The highest BCUT2D eigenvalue weighted by atomic mass is 16.6. The van der Waals surface area contributed by atoms with Crippen LogP contribution in [0.5, 0.6) is 0 Å². The molecule has 5 heteroatoms. The van der Waals surface area contributed by atoms with E-state index >= 15 is 0 Å². The van der Waals surface area contributed by atoms with Gasteiger partial charge in [0.05, 0.1) is 0 Å². The Bertz CT molecular complexity index is 367. The number of fused-ring (bicyclic) bond motifs is 1. The maximum Gasteiger partial charge on any atom is 0.415 e. The van der Waals surface area contributed by atoms with Crippen LogP contribution in [0, 0.1) is 0 Å². The van der Waals surface area contributed by atoms with Crippen molar-refractivity contribution in [3.8, 4) is 0 Å². The molecular formula is C8H7BN2O2. The quantitative estimate of drug-likeness (QED) is 0.518. The molecular weight excluding hydrogens is 167 g/mol. The summed E-state index contributed by atoms with van der Waals surface area (Å²) in [4.78, 5) is 16.5. The summed E-state index contributed by atoms with van der Waals surface area (Å²) in [6.45, 7) is 0.247. The van der Waals surface area contributed by atoms with E-state index in [-0.39, 0.29) is 12.7 Å². The van der Waals surface area contributed by atoms with E-state index in [1.807, 2.05) is 0 Å². The average molecular weight is 174 g/mol. The summed E-state index contributed by atoms with van der Waals surface area (Å²) >= 11 is 0. The first-order valence-electron chi connectivity index (χ1n) is 3.83. The summed E-state index contributed by atoms with van der Waals surface area (Å²) in [6, 6.07) is 1.76. The first-order valence-corrected chi connectivity index (χ1v) is 3.83. The van der Waals surface area contributed by atoms with Crippen molar-refractivity contribution in [2.24, 2.45) is 0 Å². The predicted molar refractivity (Wildman–Crippen MR) is 48.2 cm³/mol. The van der Waals surface area contributed by atoms with Gasteiger partial charge in [-0.3, -0.25) is 4.90 Å². The molecule has 1 aromatic rings. The van der Waals surface area contributed by atoms with Crippen LogP contribution in [0.15, 0.2) is 12.3 Å². The minimum Gasteiger partial charge on any atom is -0.444 e. The van der Waals surface area contributed by atoms with Gasteiger partial charge >= 0.3 is 6.09 Å². The molecule has 2 rings (SSSR count). The third-order valence-electron chi connectivity index (χ3n) is 1.91. The smallest absolute Gasteiger partial charge is 0.415 e. The van der Waals surface area contributed by atoms with E-state index in [1.165, 1.54) is 11.1 Å². The van der Waals surface area contributed by atoms with Crippen LogP contribution in [0.4, 0.5) is 10.6 Å². The van der Waals surface area contributed by atoms with E-state index in [4.69, 9.17) is 12.6 Å². The molecule has 0 saturated heterocycles. The number of hydrogen-bond donors (Lipinski definition) is 0. The van der Waals surface area contributed by atoms with E-state index in [0.29, 0.717) is 11.3 Å². The van der Waals surface area contributed by atoms with E-state index in [1.54, 1.807) is 13.1 Å². The number of carbonyl (C=O) groups excluding carboxylic acids is 1. The van der Waals surface area contributed by atoms with Crippen molar-refractivity contribution in [3.05, 3.63) is 17.8 Å². The predicted octanol–water partition coefficient (Wildman–Crippen LogP) is -0.0382. The SMILES string of the molecule is [B]c1cnc2c(c1)COC(=O)N2C. The normalized spacial score (nSPS) is 15.2. The van der Waals surface area contributed by atoms with Crippen molar-refractivity contribution in [2.75, 3.05) is 11.9 Å². The van der Waals surface area contributed by atoms with Crippen molar-refractivity contribution in [2.45, 2.75) is 6.61 Å². The first kappa shape index (κ1) is 8.10. The summed E-state index contributed by atoms with van der Waals surface area (Å²) in [7, 11) is 7.16. The molecule has 0 atom stereocenters. The Hall–Kier alpha value is -1.52. The number of anilines is 1. The van der Waals surface area contributed by atoms with Gasteiger partial charge in [-0.2, -0.15) is 0 Å². The molecule has 0 saturated carbocycles. The zero-order chi connectivity index (χ0) is 9.42. The monoisotopic (exact) mass is 174 g/mol. The van der Waals surface area contributed by atoms with Gasteiger partial charge in [0.15, 0.2) is 0 Å². The molecule has 0 aromatic carbocycles. The second-order valence-corrected chi connectivity index (χ2v) is 2.86. The van der Waals surface area contributed by atoms with Crippen molar-refractivity contribution in [1.29, 1.82) is 0 Å².